The lowest BCUT2D eigenvalue weighted by Gasteiger charge is -2.16. The first-order chi connectivity index (χ1) is 15.4. The molecule has 0 radical (unpaired) electrons. The number of amides is 1. The van der Waals surface area contributed by atoms with E-state index in [0.717, 1.165) is 4.90 Å². The van der Waals surface area contributed by atoms with E-state index in [1.54, 1.807) is 42.0 Å². The molecule has 7 nitrogen and oxygen atoms in total. The average Bonchev–Trinajstić information content (AvgIpc) is 2.80. The van der Waals surface area contributed by atoms with Crippen LogP contribution in [0.1, 0.15) is 5.69 Å². The summed E-state index contributed by atoms with van der Waals surface area (Å²) in [7, 11) is 4.44. The van der Waals surface area contributed by atoms with Gasteiger partial charge in [0.25, 0.3) is 0 Å². The highest BCUT2D eigenvalue weighted by molar-refractivity contribution is 7.98. The highest BCUT2D eigenvalue weighted by Gasteiger charge is 2.13. The van der Waals surface area contributed by atoms with Crippen molar-refractivity contribution in [1.82, 2.24) is 4.57 Å². The maximum absolute atomic E-state index is 13.1. The monoisotopic (exact) mass is 458 g/mol. The second-order valence-electron chi connectivity index (χ2n) is 6.68. The Bertz CT molecular complexity index is 1150. The number of benzene rings is 2. The van der Waals surface area contributed by atoms with Crippen LogP contribution in [-0.4, -0.2) is 31.8 Å². The number of rotatable bonds is 9. The Morgan fingerprint density at radius 3 is 2.38 bits per heavy atom. The molecule has 1 aromatic heterocycles. The SMILES string of the molecule is COc1ccc(NC(=O)Cn2cc(OC)c(=O)cc2CSc2ccc(F)cc2)c(OC)c1. The number of pyridine rings is 1. The smallest absolute Gasteiger partial charge is 0.244 e. The summed E-state index contributed by atoms with van der Waals surface area (Å²) in [6.45, 7) is -0.0505. The van der Waals surface area contributed by atoms with E-state index in [2.05, 4.69) is 5.32 Å². The molecule has 3 rings (SSSR count). The number of halogens is 1. The van der Waals surface area contributed by atoms with Gasteiger partial charge in [-0.15, -0.1) is 11.8 Å². The normalized spacial score (nSPS) is 10.5. The second-order valence-corrected chi connectivity index (χ2v) is 7.73. The molecule has 168 valence electrons. The molecule has 0 saturated heterocycles. The van der Waals surface area contributed by atoms with E-state index in [0.29, 0.717) is 28.6 Å². The van der Waals surface area contributed by atoms with Crippen LogP contribution in [0.5, 0.6) is 17.2 Å². The van der Waals surface area contributed by atoms with Crippen LogP contribution in [-0.2, 0) is 17.1 Å². The minimum atomic E-state index is -0.318. The van der Waals surface area contributed by atoms with Gasteiger partial charge in [0.1, 0.15) is 23.9 Å². The third-order valence-corrected chi connectivity index (χ3v) is 5.65. The maximum atomic E-state index is 13.1. The summed E-state index contributed by atoms with van der Waals surface area (Å²) in [5.41, 5.74) is 0.839. The molecule has 0 aliphatic heterocycles. The van der Waals surface area contributed by atoms with Gasteiger partial charge in [0.15, 0.2) is 5.75 Å². The van der Waals surface area contributed by atoms with E-state index < -0.39 is 0 Å². The lowest BCUT2D eigenvalue weighted by molar-refractivity contribution is -0.116. The zero-order valence-corrected chi connectivity index (χ0v) is 18.7. The van der Waals surface area contributed by atoms with Crippen LogP contribution in [0.3, 0.4) is 0 Å². The number of aromatic nitrogens is 1. The molecule has 32 heavy (non-hydrogen) atoms. The van der Waals surface area contributed by atoms with E-state index in [1.165, 1.54) is 50.4 Å². The molecule has 1 amide bonds. The number of carbonyl (C=O) groups excluding carboxylic acids is 1. The number of anilines is 1. The first kappa shape index (κ1) is 23.2. The molecule has 0 unspecified atom stereocenters. The Kier molecular flexibility index (Phi) is 7.77. The van der Waals surface area contributed by atoms with Crippen LogP contribution in [0, 0.1) is 5.82 Å². The molecule has 1 N–H and O–H groups in total. The van der Waals surface area contributed by atoms with Gasteiger partial charge in [-0.05, 0) is 36.4 Å². The van der Waals surface area contributed by atoms with Crippen LogP contribution < -0.4 is 25.0 Å². The van der Waals surface area contributed by atoms with Gasteiger partial charge in [-0.1, -0.05) is 0 Å². The van der Waals surface area contributed by atoms with Crippen molar-refractivity contribution in [1.29, 1.82) is 0 Å². The van der Waals surface area contributed by atoms with E-state index in [4.69, 9.17) is 14.2 Å². The molecule has 3 aromatic rings. The summed E-state index contributed by atoms with van der Waals surface area (Å²) in [5, 5.41) is 2.81. The van der Waals surface area contributed by atoms with Crippen molar-refractivity contribution >= 4 is 23.4 Å². The first-order valence-corrected chi connectivity index (χ1v) is 10.6. The van der Waals surface area contributed by atoms with Gasteiger partial charge in [-0.3, -0.25) is 9.59 Å². The zero-order valence-electron chi connectivity index (χ0n) is 17.9. The number of thioether (sulfide) groups is 1. The standard InChI is InChI=1S/C23H23FN2O5S/c1-29-17-6-9-19(21(11-17)30-2)25-23(28)13-26-12-22(31-3)20(27)10-16(26)14-32-18-7-4-15(24)5-8-18/h4-12H,13-14H2,1-3H3,(H,25,28). The molecular weight excluding hydrogens is 435 g/mol. The zero-order chi connectivity index (χ0) is 23.1. The number of nitrogens with one attached hydrogen (secondary N) is 1. The third kappa shape index (κ3) is 5.82. The molecule has 0 bridgehead atoms. The number of ether oxygens (including phenoxy) is 3. The Morgan fingerprint density at radius 1 is 1.00 bits per heavy atom. The number of nitrogens with zero attached hydrogens (tertiary/aromatic N) is 1. The fourth-order valence-electron chi connectivity index (χ4n) is 2.95. The predicted octanol–water partition coefficient (Wildman–Crippen LogP) is 3.94. The van der Waals surface area contributed by atoms with E-state index in [9.17, 15) is 14.0 Å². The summed E-state index contributed by atoms with van der Waals surface area (Å²) in [6, 6.07) is 12.6. The molecule has 1 heterocycles. The lowest BCUT2D eigenvalue weighted by Crippen LogP contribution is -2.23. The molecule has 0 fully saturated rings. The minimum absolute atomic E-state index is 0.0505. The second kappa shape index (κ2) is 10.7. The van der Waals surface area contributed by atoms with Gasteiger partial charge in [0, 0.05) is 28.5 Å². The minimum Gasteiger partial charge on any atom is -0.497 e. The van der Waals surface area contributed by atoms with Crippen LogP contribution >= 0.6 is 11.8 Å². The Balaban J connectivity index is 1.80. The number of carbonyl (C=O) groups is 1. The van der Waals surface area contributed by atoms with Crippen molar-refractivity contribution in [2.24, 2.45) is 0 Å². The van der Waals surface area contributed by atoms with Crippen molar-refractivity contribution in [2.75, 3.05) is 26.6 Å². The molecule has 2 aromatic carbocycles. The lowest BCUT2D eigenvalue weighted by atomic mass is 10.2. The summed E-state index contributed by atoms with van der Waals surface area (Å²) in [6.07, 6.45) is 1.51. The summed E-state index contributed by atoms with van der Waals surface area (Å²) < 4.78 is 30.4. The van der Waals surface area contributed by atoms with Crippen LogP contribution in [0.15, 0.2) is 64.4 Å². The van der Waals surface area contributed by atoms with Gasteiger partial charge in [-0.2, -0.15) is 0 Å². The van der Waals surface area contributed by atoms with E-state index in [1.807, 2.05) is 0 Å². The maximum Gasteiger partial charge on any atom is 0.244 e. The van der Waals surface area contributed by atoms with Crippen molar-refractivity contribution in [3.05, 3.63) is 76.5 Å². The summed E-state index contributed by atoms with van der Waals surface area (Å²) >= 11 is 1.43. The van der Waals surface area contributed by atoms with Crippen molar-refractivity contribution in [3.63, 3.8) is 0 Å². The van der Waals surface area contributed by atoms with Gasteiger partial charge < -0.3 is 24.1 Å². The van der Waals surface area contributed by atoms with E-state index >= 15 is 0 Å². The fourth-order valence-corrected chi connectivity index (χ4v) is 3.85. The fraction of sp³-hybridized carbons (Fsp3) is 0.217. The first-order valence-electron chi connectivity index (χ1n) is 9.61. The number of hydrogen-bond donors (Lipinski definition) is 1. The highest BCUT2D eigenvalue weighted by Crippen LogP contribution is 2.29. The van der Waals surface area contributed by atoms with Crippen LogP contribution in [0.4, 0.5) is 10.1 Å². The van der Waals surface area contributed by atoms with Crippen molar-refractivity contribution < 1.29 is 23.4 Å². The van der Waals surface area contributed by atoms with Gasteiger partial charge in [0.2, 0.25) is 11.3 Å². The molecule has 0 aliphatic carbocycles. The Morgan fingerprint density at radius 2 is 1.72 bits per heavy atom. The topological polar surface area (TPSA) is 78.8 Å². The summed E-state index contributed by atoms with van der Waals surface area (Å²) in [5.74, 6) is 0.973. The molecule has 0 atom stereocenters. The van der Waals surface area contributed by atoms with Crippen molar-refractivity contribution in [3.8, 4) is 17.2 Å². The average molecular weight is 459 g/mol. The summed E-state index contributed by atoms with van der Waals surface area (Å²) in [4.78, 5) is 25.9. The van der Waals surface area contributed by atoms with E-state index in [-0.39, 0.29) is 29.4 Å². The number of hydrogen-bond acceptors (Lipinski definition) is 6. The molecule has 9 heteroatoms. The number of methoxy groups -OCH3 is 3. The van der Waals surface area contributed by atoms with Crippen molar-refractivity contribution in [2.45, 2.75) is 17.2 Å². The van der Waals surface area contributed by atoms with Gasteiger partial charge >= 0.3 is 0 Å². The molecule has 0 spiro atoms. The molecule has 0 aliphatic rings. The van der Waals surface area contributed by atoms with Crippen LogP contribution in [0.25, 0.3) is 0 Å². The predicted molar refractivity (Wildman–Crippen MR) is 121 cm³/mol. The molecular formula is C23H23FN2O5S. The van der Waals surface area contributed by atoms with Gasteiger partial charge in [-0.25, -0.2) is 4.39 Å². The Labute approximate surface area is 189 Å². The Hall–Kier alpha value is -3.46. The third-order valence-electron chi connectivity index (χ3n) is 4.60. The highest BCUT2D eigenvalue weighted by atomic mass is 32.2. The largest absolute Gasteiger partial charge is 0.497 e. The molecule has 0 saturated carbocycles. The quantitative estimate of drug-likeness (QED) is 0.490. The van der Waals surface area contributed by atoms with Crippen LogP contribution in [0.2, 0.25) is 0 Å². The van der Waals surface area contributed by atoms with Gasteiger partial charge in [0.05, 0.1) is 33.2 Å².